The van der Waals surface area contributed by atoms with Crippen molar-refractivity contribution in [3.05, 3.63) is 36.2 Å². The van der Waals surface area contributed by atoms with Gasteiger partial charge in [-0.05, 0) is 31.2 Å². The van der Waals surface area contributed by atoms with Gasteiger partial charge >= 0.3 is 47.5 Å². The summed E-state index contributed by atoms with van der Waals surface area (Å²) in [5.41, 5.74) is 1.34. The number of aliphatic carboxylic acids is 3. The van der Waals surface area contributed by atoms with E-state index in [0.717, 1.165) is 4.90 Å². The largest absolute Gasteiger partial charge is 1.00 e. The minimum Gasteiger partial charge on any atom is -0.748 e. The Morgan fingerprint density at radius 2 is 1.75 bits per heavy atom. The Morgan fingerprint density at radius 1 is 1.07 bits per heavy atom. The number of fused-ring (bicyclic) bond motifs is 1. The van der Waals surface area contributed by atoms with E-state index in [2.05, 4.69) is 25.6 Å². The average molecular weight is 586 g/mol. The predicted molar refractivity (Wildman–Crippen MR) is 136 cm³/mol. The van der Waals surface area contributed by atoms with E-state index in [4.69, 9.17) is 5.11 Å². The Balaban J connectivity index is 0.00000560. The van der Waals surface area contributed by atoms with Crippen LogP contribution in [0.15, 0.2) is 40.7 Å². The molecule has 0 aliphatic rings. The summed E-state index contributed by atoms with van der Waals surface area (Å²) in [6, 6.07) is 6.22. The molecule has 0 spiro atoms. The first-order valence-electron chi connectivity index (χ1n) is 11.3. The molecule has 0 saturated carbocycles. The maximum absolute atomic E-state index is 11.3. The van der Waals surface area contributed by atoms with Crippen LogP contribution in [0, 0.1) is 6.92 Å². The number of benzene rings is 1. The minimum absolute atomic E-state index is 0. The van der Waals surface area contributed by atoms with Crippen molar-refractivity contribution < 1.29 is 72.2 Å². The van der Waals surface area contributed by atoms with Crippen molar-refractivity contribution in [2.75, 3.05) is 35.6 Å². The fourth-order valence-corrected chi connectivity index (χ4v) is 4.02. The third-order valence-corrected chi connectivity index (χ3v) is 5.96. The van der Waals surface area contributed by atoms with Crippen molar-refractivity contribution in [3.8, 4) is 0 Å². The molecule has 0 amide bonds. The minimum atomic E-state index is -4.52. The molecular weight excluding hydrogens is 561 g/mol. The molecule has 3 aromatic rings. The van der Waals surface area contributed by atoms with Crippen LogP contribution in [-0.4, -0.2) is 86.3 Å². The summed E-state index contributed by atoms with van der Waals surface area (Å²) in [7, 11) is -4.52. The van der Waals surface area contributed by atoms with Gasteiger partial charge in [-0.1, -0.05) is 0 Å². The van der Waals surface area contributed by atoms with E-state index in [1.165, 1.54) is 23.0 Å². The molecule has 40 heavy (non-hydrogen) atoms. The Labute approximate surface area is 249 Å². The molecule has 208 valence electrons. The second-order valence-electron chi connectivity index (χ2n) is 8.19. The van der Waals surface area contributed by atoms with Crippen LogP contribution in [0.25, 0.3) is 10.9 Å². The van der Waals surface area contributed by atoms with Crippen LogP contribution >= 0.6 is 0 Å². The molecular formula is C22H24N7NaO9S. The van der Waals surface area contributed by atoms with Gasteiger partial charge in [0.2, 0.25) is 0 Å². The maximum atomic E-state index is 11.3. The number of aryl methyl sites for hydroxylation is 2. The maximum Gasteiger partial charge on any atom is 1.00 e. The van der Waals surface area contributed by atoms with E-state index in [1.54, 1.807) is 19.1 Å². The first-order valence-corrected chi connectivity index (χ1v) is 12.9. The molecule has 2 heterocycles. The van der Waals surface area contributed by atoms with E-state index in [-0.39, 0.29) is 71.8 Å². The van der Waals surface area contributed by atoms with Crippen molar-refractivity contribution >= 4 is 61.8 Å². The van der Waals surface area contributed by atoms with Crippen molar-refractivity contribution in [3.63, 3.8) is 0 Å². The second kappa shape index (κ2) is 14.1. The number of carboxylic acids is 3. The number of rotatable bonds is 14. The van der Waals surface area contributed by atoms with Crippen molar-refractivity contribution in [2.45, 2.75) is 19.9 Å². The smallest absolute Gasteiger partial charge is 0.748 e. The molecule has 0 radical (unpaired) electrons. The summed E-state index contributed by atoms with van der Waals surface area (Å²) in [4.78, 5) is 39.1. The number of hydrogen-bond donors (Lipinski definition) is 4. The zero-order valence-corrected chi connectivity index (χ0v) is 24.3. The number of anilines is 2. The van der Waals surface area contributed by atoms with E-state index < -0.39 is 46.9 Å². The quantitative estimate of drug-likeness (QED) is 0.0964. The standard InChI is InChI=1S/C22H25N7O9S.Na/c1-13-20(22(24-8-10-39(36,37)38)29(27-13)9-6-17(30)31)26-25-15-4-5-16(21-14(15)3-2-7-23-21)28(11-18(32)33)12-19(34)35;/h2-5,7,24H,6,8-12H2,1H3,(H,30,31)(H,32,33)(H,34,35)(H,36,37,38);/q;+1/p-1. The van der Waals surface area contributed by atoms with Crippen molar-refractivity contribution in [2.24, 2.45) is 10.2 Å². The molecule has 18 heteroatoms. The van der Waals surface area contributed by atoms with Crippen LogP contribution in [-0.2, 0) is 31.0 Å². The number of carboxylic acid groups (broad SMARTS) is 3. The van der Waals surface area contributed by atoms with E-state index in [1.807, 2.05) is 0 Å². The van der Waals surface area contributed by atoms with Gasteiger partial charge in [-0.3, -0.25) is 19.4 Å². The van der Waals surface area contributed by atoms with Gasteiger partial charge < -0.3 is 30.1 Å². The van der Waals surface area contributed by atoms with Crippen LogP contribution < -0.4 is 39.8 Å². The molecule has 2 aromatic heterocycles. The summed E-state index contributed by atoms with van der Waals surface area (Å²) in [6.07, 6.45) is 1.17. The third-order valence-electron chi connectivity index (χ3n) is 5.25. The normalized spacial score (nSPS) is 11.3. The topological polar surface area (TPSA) is 240 Å². The SMILES string of the molecule is Cc1nn(CCC(=O)O)c(NCCS(=O)(=O)[O-])c1N=Nc1ccc(N(CC(=O)O)CC(=O)O)c2ncccc12.[Na+]. The van der Waals surface area contributed by atoms with Gasteiger partial charge in [0.25, 0.3) is 0 Å². The number of hydrogen-bond acceptors (Lipinski definition) is 12. The molecule has 16 nitrogen and oxygen atoms in total. The van der Waals surface area contributed by atoms with E-state index in [9.17, 15) is 37.6 Å². The van der Waals surface area contributed by atoms with Crippen LogP contribution in [0.1, 0.15) is 12.1 Å². The molecule has 3 rings (SSSR count). The molecule has 0 bridgehead atoms. The summed E-state index contributed by atoms with van der Waals surface area (Å²) < 4.78 is 34.4. The first kappa shape index (κ1) is 32.6. The number of carbonyl (C=O) groups is 3. The molecule has 0 aliphatic carbocycles. The summed E-state index contributed by atoms with van der Waals surface area (Å²) >= 11 is 0. The Kier molecular flexibility index (Phi) is 11.5. The van der Waals surface area contributed by atoms with Gasteiger partial charge in [0.15, 0.2) is 11.5 Å². The van der Waals surface area contributed by atoms with E-state index in [0.29, 0.717) is 16.8 Å². The summed E-state index contributed by atoms with van der Waals surface area (Å²) in [5.74, 6) is -4.12. The van der Waals surface area contributed by atoms with Gasteiger partial charge in [0.05, 0.1) is 51.4 Å². The fraction of sp³-hybridized carbons (Fsp3) is 0.318. The van der Waals surface area contributed by atoms with Crippen LogP contribution in [0.5, 0.6) is 0 Å². The molecule has 0 atom stereocenters. The molecule has 0 saturated heterocycles. The van der Waals surface area contributed by atoms with Crippen molar-refractivity contribution in [1.82, 2.24) is 14.8 Å². The Bertz CT molecular complexity index is 1530. The third kappa shape index (κ3) is 8.95. The van der Waals surface area contributed by atoms with Crippen LogP contribution in [0.3, 0.4) is 0 Å². The molecule has 0 fully saturated rings. The molecule has 4 N–H and O–H groups in total. The molecule has 0 aliphatic heterocycles. The zero-order chi connectivity index (χ0) is 28.7. The average Bonchev–Trinajstić information content (AvgIpc) is 3.13. The van der Waals surface area contributed by atoms with Gasteiger partial charge in [-0.25, -0.2) is 13.1 Å². The van der Waals surface area contributed by atoms with Crippen LogP contribution in [0.2, 0.25) is 0 Å². The number of aromatic nitrogens is 3. The number of pyridine rings is 1. The number of nitrogens with zero attached hydrogens (tertiary/aromatic N) is 6. The first-order chi connectivity index (χ1) is 18.4. The molecule has 0 unspecified atom stereocenters. The Hall–Kier alpha value is -3.64. The van der Waals surface area contributed by atoms with Gasteiger partial charge in [0.1, 0.15) is 13.1 Å². The number of azo groups is 1. The van der Waals surface area contributed by atoms with Gasteiger partial charge in [-0.15, -0.1) is 10.2 Å². The van der Waals surface area contributed by atoms with Crippen molar-refractivity contribution in [1.29, 1.82) is 0 Å². The predicted octanol–water partition coefficient (Wildman–Crippen LogP) is -1.43. The van der Waals surface area contributed by atoms with Crippen LogP contribution in [0.4, 0.5) is 22.9 Å². The summed E-state index contributed by atoms with van der Waals surface area (Å²) in [6.45, 7) is 0.0721. The zero-order valence-electron chi connectivity index (χ0n) is 21.5. The number of nitrogens with one attached hydrogen (secondary N) is 1. The van der Waals surface area contributed by atoms with E-state index >= 15 is 0 Å². The second-order valence-corrected chi connectivity index (χ2v) is 9.71. The Morgan fingerprint density at radius 3 is 2.35 bits per heavy atom. The molecule has 1 aromatic carbocycles. The summed E-state index contributed by atoms with van der Waals surface area (Å²) in [5, 5.41) is 43.4. The monoisotopic (exact) mass is 585 g/mol. The van der Waals surface area contributed by atoms with Gasteiger partial charge in [-0.2, -0.15) is 5.10 Å². The van der Waals surface area contributed by atoms with Gasteiger partial charge in [0, 0.05) is 18.1 Å². The fourth-order valence-electron chi connectivity index (χ4n) is 3.67.